The van der Waals surface area contributed by atoms with Gasteiger partial charge < -0.3 is 19.7 Å². The maximum absolute atomic E-state index is 5.59. The number of ether oxygens (including phenoxy) is 2. The second kappa shape index (κ2) is 6.10. The fraction of sp³-hybridized carbons (Fsp3) is 0.562. The van der Waals surface area contributed by atoms with Crippen LogP contribution in [0.4, 0.5) is 0 Å². The van der Waals surface area contributed by atoms with Crippen LogP contribution in [0.3, 0.4) is 0 Å². The van der Waals surface area contributed by atoms with E-state index in [2.05, 4.69) is 16.3 Å². The molecule has 2 aliphatic rings. The van der Waals surface area contributed by atoms with Gasteiger partial charge in [-0.3, -0.25) is 0 Å². The van der Waals surface area contributed by atoms with Crippen molar-refractivity contribution in [1.29, 1.82) is 0 Å². The Hall–Kier alpha value is -1.49. The average Bonchev–Trinajstić information content (AvgIpc) is 3.18. The smallest absolute Gasteiger partial charge is 0.169 e. The van der Waals surface area contributed by atoms with E-state index in [4.69, 9.17) is 21.7 Å². The highest BCUT2D eigenvalue weighted by Crippen LogP contribution is 2.39. The summed E-state index contributed by atoms with van der Waals surface area (Å²) in [5.41, 5.74) is 1.16. The van der Waals surface area contributed by atoms with Crippen LogP contribution in [-0.4, -0.2) is 36.8 Å². The number of methoxy groups -OCH3 is 2. The predicted molar refractivity (Wildman–Crippen MR) is 87.0 cm³/mol. The van der Waals surface area contributed by atoms with Gasteiger partial charge in [0.15, 0.2) is 5.11 Å². The van der Waals surface area contributed by atoms with E-state index in [1.165, 1.54) is 12.8 Å². The van der Waals surface area contributed by atoms with Crippen molar-refractivity contribution in [1.82, 2.24) is 10.2 Å². The van der Waals surface area contributed by atoms with Crippen molar-refractivity contribution < 1.29 is 9.47 Å². The monoisotopic (exact) mass is 306 g/mol. The minimum absolute atomic E-state index is 0.272. The van der Waals surface area contributed by atoms with Gasteiger partial charge in [0.1, 0.15) is 11.5 Å². The van der Waals surface area contributed by atoms with Crippen LogP contribution >= 0.6 is 12.2 Å². The van der Waals surface area contributed by atoms with E-state index >= 15 is 0 Å². The summed E-state index contributed by atoms with van der Waals surface area (Å²) in [7, 11) is 3.41. The third-order valence-corrected chi connectivity index (χ3v) is 4.57. The normalized spacial score (nSPS) is 21.2. The van der Waals surface area contributed by atoms with Crippen LogP contribution in [0.25, 0.3) is 0 Å². The number of benzene rings is 1. The molecule has 1 aliphatic heterocycles. The van der Waals surface area contributed by atoms with Gasteiger partial charge in [0.25, 0.3) is 0 Å². The number of likely N-dealkylation sites (tertiary alicyclic amines) is 1. The van der Waals surface area contributed by atoms with Gasteiger partial charge in [-0.1, -0.05) is 0 Å². The molecule has 0 spiro atoms. The van der Waals surface area contributed by atoms with E-state index < -0.39 is 0 Å². The zero-order valence-corrected chi connectivity index (χ0v) is 13.4. The highest BCUT2D eigenvalue weighted by Gasteiger charge is 2.32. The maximum atomic E-state index is 5.59. The molecule has 1 aromatic rings. The highest BCUT2D eigenvalue weighted by atomic mass is 32.1. The topological polar surface area (TPSA) is 33.7 Å². The third-order valence-electron chi connectivity index (χ3n) is 4.21. The Balaban J connectivity index is 1.84. The van der Waals surface area contributed by atoms with Gasteiger partial charge >= 0.3 is 0 Å². The molecule has 1 aromatic carbocycles. The third kappa shape index (κ3) is 3.07. The minimum atomic E-state index is 0.272. The zero-order chi connectivity index (χ0) is 14.8. The SMILES string of the molecule is COc1ccc(OC)c([C@@H]2CCCN2C(=S)NC2CC2)c1. The number of thiocarbonyl (C=S) groups is 1. The first-order valence-electron chi connectivity index (χ1n) is 7.52. The average molecular weight is 306 g/mol. The molecule has 0 amide bonds. The number of hydrogen-bond acceptors (Lipinski definition) is 3. The summed E-state index contributed by atoms with van der Waals surface area (Å²) in [6.45, 7) is 1.00. The lowest BCUT2D eigenvalue weighted by atomic mass is 10.0. The van der Waals surface area contributed by atoms with Crippen molar-refractivity contribution in [2.75, 3.05) is 20.8 Å². The van der Waals surface area contributed by atoms with E-state index in [1.807, 2.05) is 12.1 Å². The first kappa shape index (κ1) is 14.4. The quantitative estimate of drug-likeness (QED) is 0.865. The molecule has 21 heavy (non-hydrogen) atoms. The Labute approximate surface area is 131 Å². The Morgan fingerprint density at radius 3 is 2.71 bits per heavy atom. The van der Waals surface area contributed by atoms with Crippen LogP contribution in [0, 0.1) is 0 Å². The Morgan fingerprint density at radius 1 is 1.24 bits per heavy atom. The molecule has 1 N–H and O–H groups in total. The molecule has 2 fully saturated rings. The molecule has 3 rings (SSSR count). The lowest BCUT2D eigenvalue weighted by Crippen LogP contribution is -2.40. The Bertz CT molecular complexity index is 531. The van der Waals surface area contributed by atoms with Crippen LogP contribution in [0.1, 0.15) is 37.3 Å². The first-order chi connectivity index (χ1) is 10.2. The highest BCUT2D eigenvalue weighted by molar-refractivity contribution is 7.80. The van der Waals surface area contributed by atoms with Crippen molar-refractivity contribution in [3.63, 3.8) is 0 Å². The molecule has 5 heteroatoms. The largest absolute Gasteiger partial charge is 0.497 e. The minimum Gasteiger partial charge on any atom is -0.497 e. The molecule has 1 aliphatic carbocycles. The fourth-order valence-electron chi connectivity index (χ4n) is 2.92. The summed E-state index contributed by atoms with van der Waals surface area (Å²) in [5, 5.41) is 4.33. The molecular weight excluding hydrogens is 284 g/mol. The summed E-state index contributed by atoms with van der Waals surface area (Å²) in [5.74, 6) is 1.76. The molecule has 4 nitrogen and oxygen atoms in total. The first-order valence-corrected chi connectivity index (χ1v) is 7.93. The maximum Gasteiger partial charge on any atom is 0.169 e. The Kier molecular flexibility index (Phi) is 4.19. The molecule has 1 saturated heterocycles. The molecule has 1 heterocycles. The van der Waals surface area contributed by atoms with Gasteiger partial charge in [0.2, 0.25) is 0 Å². The van der Waals surface area contributed by atoms with E-state index in [0.717, 1.165) is 41.6 Å². The number of nitrogens with one attached hydrogen (secondary N) is 1. The van der Waals surface area contributed by atoms with E-state index in [1.54, 1.807) is 14.2 Å². The lowest BCUT2D eigenvalue weighted by Gasteiger charge is -2.29. The Morgan fingerprint density at radius 2 is 2.05 bits per heavy atom. The molecule has 114 valence electrons. The molecule has 1 atom stereocenters. The van der Waals surface area contributed by atoms with Gasteiger partial charge in [0, 0.05) is 18.2 Å². The second-order valence-corrected chi connectivity index (χ2v) is 6.07. The molecule has 0 aromatic heterocycles. The van der Waals surface area contributed by atoms with Crippen LogP contribution < -0.4 is 14.8 Å². The van der Waals surface area contributed by atoms with Crippen LogP contribution in [0.15, 0.2) is 18.2 Å². The summed E-state index contributed by atoms with van der Waals surface area (Å²) < 4.78 is 10.9. The van der Waals surface area contributed by atoms with Gasteiger partial charge in [-0.25, -0.2) is 0 Å². The molecule has 0 radical (unpaired) electrons. The molecule has 0 bridgehead atoms. The van der Waals surface area contributed by atoms with E-state index in [-0.39, 0.29) is 6.04 Å². The summed E-state index contributed by atoms with van der Waals surface area (Å²) in [6, 6.07) is 6.84. The fourth-order valence-corrected chi connectivity index (χ4v) is 3.30. The van der Waals surface area contributed by atoms with Crippen molar-refractivity contribution in [3.05, 3.63) is 23.8 Å². The number of nitrogens with zero attached hydrogens (tertiary/aromatic N) is 1. The molecule has 1 saturated carbocycles. The zero-order valence-electron chi connectivity index (χ0n) is 12.6. The van der Waals surface area contributed by atoms with Crippen molar-refractivity contribution in [3.8, 4) is 11.5 Å². The van der Waals surface area contributed by atoms with Crippen LogP contribution in [-0.2, 0) is 0 Å². The van der Waals surface area contributed by atoms with Crippen LogP contribution in [0.5, 0.6) is 11.5 Å². The lowest BCUT2D eigenvalue weighted by molar-refractivity contribution is 0.357. The summed E-state index contributed by atoms with van der Waals surface area (Å²) in [4.78, 5) is 2.30. The van der Waals surface area contributed by atoms with Crippen molar-refractivity contribution in [2.24, 2.45) is 0 Å². The number of rotatable bonds is 4. The van der Waals surface area contributed by atoms with Gasteiger partial charge in [0.05, 0.1) is 20.3 Å². The number of hydrogen-bond donors (Lipinski definition) is 1. The van der Waals surface area contributed by atoms with Crippen molar-refractivity contribution in [2.45, 2.75) is 37.8 Å². The second-order valence-electron chi connectivity index (χ2n) is 5.68. The van der Waals surface area contributed by atoms with Crippen LogP contribution in [0.2, 0.25) is 0 Å². The standard InChI is InChI=1S/C16H22N2O2S/c1-19-12-7-8-15(20-2)13(10-12)14-4-3-9-18(14)16(21)17-11-5-6-11/h7-8,10-11,14H,3-6,9H2,1-2H3,(H,17,21)/t14-/m0/s1. The molecule has 0 unspecified atom stereocenters. The summed E-state index contributed by atoms with van der Waals surface area (Å²) in [6.07, 6.45) is 4.72. The molecular formula is C16H22N2O2S. The van der Waals surface area contributed by atoms with E-state index in [0.29, 0.717) is 6.04 Å². The van der Waals surface area contributed by atoms with Crippen molar-refractivity contribution >= 4 is 17.3 Å². The predicted octanol–water partition coefficient (Wildman–Crippen LogP) is 2.88. The summed E-state index contributed by atoms with van der Waals surface area (Å²) >= 11 is 5.59. The van der Waals surface area contributed by atoms with E-state index in [9.17, 15) is 0 Å². The van der Waals surface area contributed by atoms with Gasteiger partial charge in [-0.05, 0) is 56.1 Å². The van der Waals surface area contributed by atoms with Gasteiger partial charge in [-0.15, -0.1) is 0 Å². The van der Waals surface area contributed by atoms with Gasteiger partial charge in [-0.2, -0.15) is 0 Å².